The number of benzene rings is 1. The van der Waals surface area contributed by atoms with Crippen LogP contribution < -0.4 is 0 Å². The Balaban J connectivity index is 1.58. The minimum atomic E-state index is 0.179. The summed E-state index contributed by atoms with van der Waals surface area (Å²) in [5.41, 5.74) is 2.13. The average Bonchev–Trinajstić information content (AvgIpc) is 3.33. The predicted octanol–water partition coefficient (Wildman–Crippen LogP) is 2.91. The lowest BCUT2D eigenvalue weighted by Crippen LogP contribution is -2.51. The molecular formula is C20H24N2O2S. The third-order valence-corrected chi connectivity index (χ3v) is 6.02. The summed E-state index contributed by atoms with van der Waals surface area (Å²) in [6.45, 7) is 4.38. The number of likely N-dealkylation sites (tertiary alicyclic amines) is 1. The molecule has 4 rings (SSSR count). The highest BCUT2D eigenvalue weighted by Crippen LogP contribution is 2.28. The van der Waals surface area contributed by atoms with E-state index >= 15 is 0 Å². The van der Waals surface area contributed by atoms with Crippen molar-refractivity contribution in [1.82, 2.24) is 9.80 Å². The molecule has 0 unspecified atom stereocenters. The van der Waals surface area contributed by atoms with Crippen LogP contribution in [-0.2, 0) is 11.2 Å². The van der Waals surface area contributed by atoms with Crippen LogP contribution in [0.3, 0.4) is 0 Å². The SMILES string of the molecule is O=C(c1ccsc1)N1CC[C@@H](N2CCOCC2)[C@@H]1Cc1ccccc1. The molecule has 0 N–H and O–H groups in total. The fourth-order valence-electron chi connectivity index (χ4n) is 4.08. The molecule has 1 aromatic carbocycles. The van der Waals surface area contributed by atoms with E-state index in [1.165, 1.54) is 5.56 Å². The highest BCUT2D eigenvalue weighted by molar-refractivity contribution is 7.08. The second-order valence-electron chi connectivity index (χ2n) is 6.77. The van der Waals surface area contributed by atoms with Gasteiger partial charge in [-0.3, -0.25) is 9.69 Å². The lowest BCUT2D eigenvalue weighted by molar-refractivity contribution is 0.00865. The molecule has 0 bridgehead atoms. The van der Waals surface area contributed by atoms with Crippen molar-refractivity contribution in [3.8, 4) is 0 Å². The van der Waals surface area contributed by atoms with E-state index in [1.807, 2.05) is 22.9 Å². The van der Waals surface area contributed by atoms with E-state index in [0.29, 0.717) is 6.04 Å². The number of morpholine rings is 1. The summed E-state index contributed by atoms with van der Waals surface area (Å²) in [6, 6.07) is 13.1. The first-order valence-electron chi connectivity index (χ1n) is 9.02. The Morgan fingerprint density at radius 2 is 1.92 bits per heavy atom. The van der Waals surface area contributed by atoms with Crippen molar-refractivity contribution < 1.29 is 9.53 Å². The quantitative estimate of drug-likeness (QED) is 0.844. The van der Waals surface area contributed by atoms with Gasteiger partial charge in [-0.25, -0.2) is 0 Å². The Morgan fingerprint density at radius 3 is 2.64 bits per heavy atom. The van der Waals surface area contributed by atoms with Gasteiger partial charge in [-0.15, -0.1) is 0 Å². The van der Waals surface area contributed by atoms with Gasteiger partial charge in [-0.2, -0.15) is 11.3 Å². The van der Waals surface area contributed by atoms with E-state index in [1.54, 1.807) is 11.3 Å². The zero-order valence-electron chi connectivity index (χ0n) is 14.3. The van der Waals surface area contributed by atoms with Crippen molar-refractivity contribution >= 4 is 17.2 Å². The first kappa shape index (κ1) is 16.8. The summed E-state index contributed by atoms with van der Waals surface area (Å²) >= 11 is 1.59. The number of thiophene rings is 1. The third-order valence-electron chi connectivity index (χ3n) is 5.34. The Morgan fingerprint density at radius 1 is 1.12 bits per heavy atom. The fourth-order valence-corrected chi connectivity index (χ4v) is 4.71. The van der Waals surface area contributed by atoms with Crippen LogP contribution in [0.1, 0.15) is 22.3 Å². The van der Waals surface area contributed by atoms with E-state index in [-0.39, 0.29) is 11.9 Å². The molecule has 1 amide bonds. The lowest BCUT2D eigenvalue weighted by Gasteiger charge is -2.37. The number of rotatable bonds is 4. The van der Waals surface area contributed by atoms with Crippen molar-refractivity contribution in [3.63, 3.8) is 0 Å². The van der Waals surface area contributed by atoms with Crippen molar-refractivity contribution in [3.05, 3.63) is 58.3 Å². The maximum Gasteiger partial charge on any atom is 0.255 e. The van der Waals surface area contributed by atoms with Crippen molar-refractivity contribution in [2.45, 2.75) is 24.9 Å². The summed E-state index contributed by atoms with van der Waals surface area (Å²) in [5.74, 6) is 0.179. The molecule has 2 atom stereocenters. The van der Waals surface area contributed by atoms with Crippen molar-refractivity contribution in [2.75, 3.05) is 32.8 Å². The highest BCUT2D eigenvalue weighted by atomic mass is 32.1. The summed E-state index contributed by atoms with van der Waals surface area (Å²) < 4.78 is 5.53. The maximum atomic E-state index is 13.0. The molecule has 2 aromatic rings. The number of carbonyl (C=O) groups excluding carboxylic acids is 1. The zero-order valence-corrected chi connectivity index (χ0v) is 15.2. The van der Waals surface area contributed by atoms with Crippen LogP contribution in [0, 0.1) is 0 Å². The molecule has 132 valence electrons. The van der Waals surface area contributed by atoms with Gasteiger partial charge in [-0.05, 0) is 29.9 Å². The van der Waals surface area contributed by atoms with Gasteiger partial charge in [-0.1, -0.05) is 30.3 Å². The van der Waals surface area contributed by atoms with Gasteiger partial charge in [0.15, 0.2) is 0 Å². The molecule has 2 fully saturated rings. The minimum absolute atomic E-state index is 0.179. The summed E-state index contributed by atoms with van der Waals surface area (Å²) in [5, 5.41) is 3.94. The molecule has 0 radical (unpaired) electrons. The van der Waals surface area contributed by atoms with Gasteiger partial charge >= 0.3 is 0 Å². The van der Waals surface area contributed by atoms with E-state index in [4.69, 9.17) is 4.74 Å². The van der Waals surface area contributed by atoms with Crippen LogP contribution in [0.4, 0.5) is 0 Å². The standard InChI is InChI=1S/C20H24N2O2S/c23-20(17-7-13-25-15-17)22-8-6-18(21-9-11-24-12-10-21)19(22)14-16-4-2-1-3-5-16/h1-5,7,13,15,18-19H,6,8-12,14H2/t18-,19+/m1/s1. The second-order valence-corrected chi connectivity index (χ2v) is 7.55. The van der Waals surface area contributed by atoms with Gasteiger partial charge in [0.1, 0.15) is 0 Å². The van der Waals surface area contributed by atoms with Crippen molar-refractivity contribution in [1.29, 1.82) is 0 Å². The van der Waals surface area contributed by atoms with Crippen LogP contribution >= 0.6 is 11.3 Å². The van der Waals surface area contributed by atoms with Crippen LogP contribution in [0.2, 0.25) is 0 Å². The number of amides is 1. The van der Waals surface area contributed by atoms with Crippen LogP contribution in [0.15, 0.2) is 47.2 Å². The zero-order chi connectivity index (χ0) is 17.1. The number of hydrogen-bond donors (Lipinski definition) is 0. The number of carbonyl (C=O) groups is 1. The average molecular weight is 356 g/mol. The summed E-state index contributed by atoms with van der Waals surface area (Å²) in [4.78, 5) is 17.7. The molecule has 2 aliphatic heterocycles. The topological polar surface area (TPSA) is 32.8 Å². The molecule has 5 heteroatoms. The van der Waals surface area contributed by atoms with Gasteiger partial charge in [0.2, 0.25) is 0 Å². The molecule has 25 heavy (non-hydrogen) atoms. The van der Waals surface area contributed by atoms with E-state index in [9.17, 15) is 4.79 Å². The fraction of sp³-hybridized carbons (Fsp3) is 0.450. The number of nitrogens with zero attached hydrogens (tertiary/aromatic N) is 2. The Bertz CT molecular complexity index is 683. The van der Waals surface area contributed by atoms with E-state index in [0.717, 1.165) is 51.3 Å². The van der Waals surface area contributed by atoms with E-state index < -0.39 is 0 Å². The maximum absolute atomic E-state index is 13.0. The first-order valence-corrected chi connectivity index (χ1v) is 9.96. The van der Waals surface area contributed by atoms with Gasteiger partial charge in [0.25, 0.3) is 5.91 Å². The molecule has 3 heterocycles. The van der Waals surface area contributed by atoms with Crippen molar-refractivity contribution in [2.24, 2.45) is 0 Å². The van der Waals surface area contributed by atoms with Crippen LogP contribution in [-0.4, -0.2) is 60.6 Å². The largest absolute Gasteiger partial charge is 0.379 e. The smallest absolute Gasteiger partial charge is 0.255 e. The Labute approximate surface area is 153 Å². The molecule has 4 nitrogen and oxygen atoms in total. The minimum Gasteiger partial charge on any atom is -0.379 e. The number of hydrogen-bond acceptors (Lipinski definition) is 4. The highest BCUT2D eigenvalue weighted by Gasteiger charge is 2.40. The van der Waals surface area contributed by atoms with Gasteiger partial charge < -0.3 is 9.64 Å². The molecule has 0 saturated carbocycles. The monoisotopic (exact) mass is 356 g/mol. The normalized spacial score (nSPS) is 24.6. The van der Waals surface area contributed by atoms with Crippen LogP contribution in [0.25, 0.3) is 0 Å². The number of ether oxygens (including phenoxy) is 1. The molecule has 1 aromatic heterocycles. The Kier molecular flexibility index (Phi) is 5.15. The molecule has 0 aliphatic carbocycles. The summed E-state index contributed by atoms with van der Waals surface area (Å²) in [6.07, 6.45) is 1.96. The molecular weight excluding hydrogens is 332 g/mol. The molecule has 0 spiro atoms. The Hall–Kier alpha value is -1.69. The van der Waals surface area contributed by atoms with E-state index in [2.05, 4.69) is 34.1 Å². The van der Waals surface area contributed by atoms with Gasteiger partial charge in [0, 0.05) is 31.1 Å². The van der Waals surface area contributed by atoms with Crippen LogP contribution in [0.5, 0.6) is 0 Å². The van der Waals surface area contributed by atoms with Gasteiger partial charge in [0.05, 0.1) is 24.8 Å². The second kappa shape index (κ2) is 7.68. The molecule has 2 saturated heterocycles. The summed E-state index contributed by atoms with van der Waals surface area (Å²) in [7, 11) is 0. The predicted molar refractivity (Wildman–Crippen MR) is 100 cm³/mol. The lowest BCUT2D eigenvalue weighted by atomic mass is 9.98. The molecule has 2 aliphatic rings. The first-order chi connectivity index (χ1) is 12.3. The third kappa shape index (κ3) is 3.64.